The molecule has 1 saturated heterocycles. The van der Waals surface area contributed by atoms with Crippen molar-refractivity contribution in [2.24, 2.45) is 0 Å². The quantitative estimate of drug-likeness (QED) is 0.861. The lowest BCUT2D eigenvalue weighted by molar-refractivity contribution is -0.137. The van der Waals surface area contributed by atoms with Crippen molar-refractivity contribution < 1.29 is 18.3 Å². The number of halogens is 3. The van der Waals surface area contributed by atoms with Crippen LogP contribution in [0.5, 0.6) is 0 Å². The lowest BCUT2D eigenvalue weighted by atomic mass is 9.96. The van der Waals surface area contributed by atoms with Crippen molar-refractivity contribution in [1.29, 1.82) is 0 Å². The van der Waals surface area contributed by atoms with Gasteiger partial charge >= 0.3 is 6.18 Å². The molecular weight excluding hydrogens is 351 g/mol. The highest BCUT2D eigenvalue weighted by Crippen LogP contribution is 2.39. The van der Waals surface area contributed by atoms with Crippen LogP contribution in [0.15, 0.2) is 24.3 Å². The largest absolute Gasteiger partial charge is 0.416 e. The van der Waals surface area contributed by atoms with Gasteiger partial charge in [-0.15, -0.1) is 0 Å². The minimum Gasteiger partial charge on any atom is -0.391 e. The van der Waals surface area contributed by atoms with Crippen molar-refractivity contribution in [3.8, 4) is 0 Å². The van der Waals surface area contributed by atoms with Gasteiger partial charge in [-0.2, -0.15) is 17.5 Å². The molecule has 2 aromatic rings. The van der Waals surface area contributed by atoms with E-state index in [4.69, 9.17) is 0 Å². The van der Waals surface area contributed by atoms with Gasteiger partial charge in [-0.3, -0.25) is 0 Å². The van der Waals surface area contributed by atoms with E-state index in [1.807, 2.05) is 25.7 Å². The van der Waals surface area contributed by atoms with Crippen LogP contribution in [0.25, 0.3) is 0 Å². The lowest BCUT2D eigenvalue weighted by Gasteiger charge is -2.24. The van der Waals surface area contributed by atoms with Gasteiger partial charge in [-0.25, -0.2) is 4.98 Å². The second-order valence-corrected chi connectivity index (χ2v) is 8.06. The van der Waals surface area contributed by atoms with Gasteiger partial charge in [0.1, 0.15) is 5.82 Å². The summed E-state index contributed by atoms with van der Waals surface area (Å²) in [5, 5.41) is 10.7. The summed E-state index contributed by atoms with van der Waals surface area (Å²) in [5.41, 5.74) is -0.364. The van der Waals surface area contributed by atoms with E-state index in [2.05, 4.69) is 9.36 Å². The Labute approximate surface area is 148 Å². The molecule has 0 radical (unpaired) electrons. The molecule has 1 aliphatic rings. The number of nitrogens with zero attached hydrogens (tertiary/aromatic N) is 3. The second kappa shape index (κ2) is 6.25. The third-order valence-corrected chi connectivity index (χ3v) is 4.96. The molecule has 2 unspecified atom stereocenters. The summed E-state index contributed by atoms with van der Waals surface area (Å²) in [6, 6.07) is 4.93. The fourth-order valence-corrected chi connectivity index (χ4v) is 3.82. The minimum absolute atomic E-state index is 0.210. The molecular formula is C17H20F3N3OS. The normalized spacial score (nSPS) is 21.8. The number of β-amino-alcohol motifs (C(OH)–C–C–N with tert-alkyl or cyclic N) is 1. The molecule has 4 nitrogen and oxygen atoms in total. The van der Waals surface area contributed by atoms with Crippen molar-refractivity contribution in [2.75, 3.05) is 11.4 Å². The Morgan fingerprint density at radius 2 is 1.96 bits per heavy atom. The second-order valence-electron chi connectivity index (χ2n) is 7.33. The monoisotopic (exact) mass is 371 g/mol. The maximum Gasteiger partial charge on any atom is 0.416 e. The van der Waals surface area contributed by atoms with E-state index in [9.17, 15) is 18.3 Å². The van der Waals surface area contributed by atoms with Gasteiger partial charge < -0.3 is 10.0 Å². The first-order chi connectivity index (χ1) is 11.6. The van der Waals surface area contributed by atoms with E-state index in [0.29, 0.717) is 29.5 Å². The van der Waals surface area contributed by atoms with Crippen LogP contribution in [0.3, 0.4) is 0 Å². The highest BCUT2D eigenvalue weighted by Gasteiger charge is 2.37. The third-order valence-electron chi connectivity index (χ3n) is 4.21. The zero-order chi connectivity index (χ0) is 18.4. The highest BCUT2D eigenvalue weighted by molar-refractivity contribution is 7.09. The fourth-order valence-electron chi connectivity index (χ4n) is 2.90. The molecule has 8 heteroatoms. The summed E-state index contributed by atoms with van der Waals surface area (Å²) in [7, 11) is 0. The molecule has 0 aliphatic carbocycles. The average Bonchev–Trinajstić information content (AvgIpc) is 3.12. The number of aromatic nitrogens is 2. The Hall–Kier alpha value is -1.67. The molecule has 2 heterocycles. The number of anilines is 1. The van der Waals surface area contributed by atoms with Crippen molar-refractivity contribution in [1.82, 2.24) is 9.36 Å². The van der Waals surface area contributed by atoms with Gasteiger partial charge in [0.25, 0.3) is 0 Å². The standard InChI is InChI=1S/C17H20F3N3OS/c1-16(2,3)14-21-15(25-22-14)23-9-12(24)8-13(23)10-5-4-6-11(7-10)17(18,19)20/h4-7,12-13,24H,8-9H2,1-3H3. The van der Waals surface area contributed by atoms with Crippen molar-refractivity contribution >= 4 is 16.7 Å². The number of alkyl halides is 3. The Morgan fingerprint density at radius 1 is 1.24 bits per heavy atom. The number of hydrogen-bond acceptors (Lipinski definition) is 5. The molecule has 0 bridgehead atoms. The minimum atomic E-state index is -4.39. The molecule has 0 amide bonds. The third kappa shape index (κ3) is 3.79. The summed E-state index contributed by atoms with van der Waals surface area (Å²) in [6.45, 7) is 6.34. The van der Waals surface area contributed by atoms with E-state index in [1.54, 1.807) is 6.07 Å². The van der Waals surface area contributed by atoms with Crippen LogP contribution in [-0.2, 0) is 11.6 Å². The van der Waals surface area contributed by atoms with Crippen LogP contribution in [0.4, 0.5) is 18.3 Å². The van der Waals surface area contributed by atoms with Crippen molar-refractivity contribution in [3.63, 3.8) is 0 Å². The number of benzene rings is 1. The number of aliphatic hydroxyl groups excluding tert-OH is 1. The first kappa shape index (κ1) is 18.1. The Balaban J connectivity index is 1.94. The SMILES string of the molecule is CC(C)(C)c1nsc(N2CC(O)CC2c2cccc(C(F)(F)F)c2)n1. The van der Waals surface area contributed by atoms with Gasteiger partial charge in [0, 0.05) is 23.5 Å². The van der Waals surface area contributed by atoms with E-state index < -0.39 is 17.8 Å². The maximum atomic E-state index is 13.0. The molecule has 2 atom stereocenters. The van der Waals surface area contributed by atoms with Crippen LogP contribution in [0.2, 0.25) is 0 Å². The summed E-state index contributed by atoms with van der Waals surface area (Å²) in [4.78, 5) is 6.40. The molecule has 1 N–H and O–H groups in total. The van der Waals surface area contributed by atoms with E-state index in [-0.39, 0.29) is 11.5 Å². The van der Waals surface area contributed by atoms with Crippen LogP contribution < -0.4 is 4.90 Å². The zero-order valence-corrected chi connectivity index (χ0v) is 15.0. The summed E-state index contributed by atoms with van der Waals surface area (Å²) in [5.74, 6) is 0.691. The van der Waals surface area contributed by atoms with E-state index in [1.165, 1.54) is 17.6 Å². The predicted octanol–water partition coefficient (Wildman–Crippen LogP) is 4.17. The summed E-state index contributed by atoms with van der Waals surface area (Å²) in [6.07, 6.45) is -4.63. The molecule has 1 aliphatic heterocycles. The molecule has 1 aromatic carbocycles. The maximum absolute atomic E-state index is 13.0. The Bertz CT molecular complexity index is 754. The van der Waals surface area contributed by atoms with Crippen LogP contribution in [-0.4, -0.2) is 27.1 Å². The van der Waals surface area contributed by atoms with Gasteiger partial charge in [-0.05, 0) is 24.1 Å². The number of hydrogen-bond donors (Lipinski definition) is 1. The Kier molecular flexibility index (Phi) is 4.53. The topological polar surface area (TPSA) is 49.2 Å². The Morgan fingerprint density at radius 3 is 2.56 bits per heavy atom. The lowest BCUT2D eigenvalue weighted by Crippen LogP contribution is -2.24. The molecule has 3 rings (SSSR count). The summed E-state index contributed by atoms with van der Waals surface area (Å²) < 4.78 is 43.4. The molecule has 0 saturated carbocycles. The zero-order valence-electron chi connectivity index (χ0n) is 14.2. The molecule has 0 spiro atoms. The smallest absolute Gasteiger partial charge is 0.391 e. The van der Waals surface area contributed by atoms with Crippen LogP contribution in [0, 0.1) is 0 Å². The summed E-state index contributed by atoms with van der Waals surface area (Å²) >= 11 is 1.22. The van der Waals surface area contributed by atoms with Gasteiger partial charge in [0.2, 0.25) is 5.13 Å². The highest BCUT2D eigenvalue weighted by atomic mass is 32.1. The first-order valence-corrected chi connectivity index (χ1v) is 8.79. The number of rotatable bonds is 2. The van der Waals surface area contributed by atoms with Gasteiger partial charge in [0.15, 0.2) is 0 Å². The van der Waals surface area contributed by atoms with Gasteiger partial charge in [-0.1, -0.05) is 32.9 Å². The van der Waals surface area contributed by atoms with Crippen LogP contribution >= 0.6 is 11.5 Å². The van der Waals surface area contributed by atoms with Crippen molar-refractivity contribution in [2.45, 2.75) is 50.9 Å². The van der Waals surface area contributed by atoms with Crippen molar-refractivity contribution in [3.05, 3.63) is 41.2 Å². The van der Waals surface area contributed by atoms with Crippen LogP contribution in [0.1, 0.15) is 50.2 Å². The van der Waals surface area contributed by atoms with Gasteiger partial charge in [0.05, 0.1) is 17.7 Å². The molecule has 136 valence electrons. The predicted molar refractivity (Wildman–Crippen MR) is 90.8 cm³/mol. The van der Waals surface area contributed by atoms with E-state index >= 15 is 0 Å². The molecule has 25 heavy (non-hydrogen) atoms. The van der Waals surface area contributed by atoms with E-state index in [0.717, 1.165) is 12.1 Å². The molecule has 1 aromatic heterocycles. The first-order valence-electron chi connectivity index (χ1n) is 8.02. The average molecular weight is 371 g/mol. The number of aliphatic hydroxyl groups is 1. The molecule has 1 fully saturated rings. The fraction of sp³-hybridized carbons (Fsp3) is 0.529.